The lowest BCUT2D eigenvalue weighted by atomic mass is 10.0. The number of alkyl halides is 6. The number of anilines is 4. The second kappa shape index (κ2) is 27.6. The van der Waals surface area contributed by atoms with Gasteiger partial charge in [-0.2, -0.15) is 26.3 Å². The molecule has 0 spiro atoms. The smallest absolute Gasteiger partial charge is 0.450 e. The van der Waals surface area contributed by atoms with Crippen molar-refractivity contribution in [3.8, 4) is 0 Å². The molecule has 87 heavy (non-hydrogen) atoms. The maximum absolute atomic E-state index is 14.9. The van der Waals surface area contributed by atoms with E-state index >= 15 is 0 Å². The van der Waals surface area contributed by atoms with Crippen molar-refractivity contribution < 1.29 is 80.6 Å². The fourth-order valence-corrected chi connectivity index (χ4v) is 10.3. The highest BCUT2D eigenvalue weighted by molar-refractivity contribution is 7.92. The Hall–Kier alpha value is -8.26. The SMILES string of the molecule is CCOC(=O)N1CCN(c2nc(C(F)(F)F)nc3ccc(C(=O)N[C@H](C)c4cc(C)c(NS(C)(=O)=O)cc4F)cc23)CC1.CCOC(=O)N1CCN(c2nc(C(F)(F)F)nc3ccc(C(C)=O)cc23)CC1.Cc1cc([C@@H](C)N)c(F)cc1NS(C)(=O)=O. The Morgan fingerprint density at radius 2 is 0.977 bits per heavy atom. The third-order valence-electron chi connectivity index (χ3n) is 13.3. The summed E-state index contributed by atoms with van der Waals surface area (Å²) in [5.74, 6) is -4.62. The zero-order valence-electron chi connectivity index (χ0n) is 48.6. The molecule has 0 bridgehead atoms. The third kappa shape index (κ3) is 17.9. The van der Waals surface area contributed by atoms with Crippen LogP contribution in [0.15, 0.2) is 60.7 Å². The summed E-state index contributed by atoms with van der Waals surface area (Å²) in [7, 11) is -7.04. The van der Waals surface area contributed by atoms with Crippen molar-refractivity contribution in [1.29, 1.82) is 0 Å². The Morgan fingerprint density at radius 1 is 0.598 bits per heavy atom. The van der Waals surface area contributed by atoms with Crippen LogP contribution in [0.1, 0.15) is 101 Å². The van der Waals surface area contributed by atoms with Crippen LogP contribution in [-0.2, 0) is 41.9 Å². The quantitative estimate of drug-likeness (QED) is 0.0620. The molecule has 472 valence electrons. The first kappa shape index (κ1) is 67.9. The summed E-state index contributed by atoms with van der Waals surface area (Å²) in [5, 5.41) is 3.22. The molecule has 6 aromatic rings. The summed E-state index contributed by atoms with van der Waals surface area (Å²) in [4.78, 5) is 69.8. The first-order valence-corrected chi connectivity index (χ1v) is 30.5. The maximum atomic E-state index is 14.9. The van der Waals surface area contributed by atoms with E-state index in [9.17, 15) is 71.1 Å². The number of rotatable bonds is 13. The van der Waals surface area contributed by atoms with Crippen molar-refractivity contribution in [2.45, 2.75) is 72.9 Å². The van der Waals surface area contributed by atoms with E-state index in [1.165, 1.54) is 66.1 Å². The lowest BCUT2D eigenvalue weighted by Crippen LogP contribution is -2.49. The van der Waals surface area contributed by atoms with Gasteiger partial charge >= 0.3 is 24.5 Å². The summed E-state index contributed by atoms with van der Waals surface area (Å²) < 4.78 is 169. The predicted molar refractivity (Wildman–Crippen MR) is 308 cm³/mol. The minimum atomic E-state index is -4.82. The van der Waals surface area contributed by atoms with Gasteiger partial charge in [-0.1, -0.05) is 0 Å². The third-order valence-corrected chi connectivity index (χ3v) is 14.5. The lowest BCUT2D eigenvalue weighted by Gasteiger charge is -2.35. The first-order chi connectivity index (χ1) is 40.5. The van der Waals surface area contributed by atoms with Crippen LogP contribution >= 0.6 is 0 Å². The van der Waals surface area contributed by atoms with E-state index in [0.29, 0.717) is 27.6 Å². The van der Waals surface area contributed by atoms with E-state index < -0.39 is 85.9 Å². The number of hydrogen-bond acceptors (Lipinski definition) is 17. The van der Waals surface area contributed by atoms with Gasteiger partial charge < -0.3 is 40.1 Å². The number of carbonyl (C=O) groups is 4. The van der Waals surface area contributed by atoms with Gasteiger partial charge in [0.1, 0.15) is 23.3 Å². The van der Waals surface area contributed by atoms with Gasteiger partial charge in [-0.05, 0) is 120 Å². The van der Waals surface area contributed by atoms with E-state index in [-0.39, 0.29) is 122 Å². The minimum Gasteiger partial charge on any atom is -0.450 e. The van der Waals surface area contributed by atoms with Gasteiger partial charge in [-0.25, -0.2) is 55.1 Å². The van der Waals surface area contributed by atoms with Crippen molar-refractivity contribution in [3.05, 3.63) is 117 Å². The number of ketones is 1. The highest BCUT2D eigenvalue weighted by Crippen LogP contribution is 2.35. The van der Waals surface area contributed by atoms with Gasteiger partial charge in [-0.15, -0.1) is 0 Å². The molecular weight excluding hydrogens is 1200 g/mol. The topological polar surface area (TPSA) is 282 Å². The van der Waals surface area contributed by atoms with E-state index in [1.807, 2.05) is 0 Å². The number of aromatic nitrogens is 4. The Bertz CT molecular complexity index is 3790. The number of aryl methyl sites for hydroxylation is 2. The number of fused-ring (bicyclic) bond motifs is 2. The van der Waals surface area contributed by atoms with Crippen molar-refractivity contribution in [2.75, 3.05) is 97.3 Å². The molecule has 2 fully saturated rings. The number of nitrogens with zero attached hydrogens (tertiary/aromatic N) is 8. The summed E-state index contributed by atoms with van der Waals surface area (Å²) in [6.45, 7) is 13.5. The maximum Gasteiger partial charge on any atom is 0.451 e. The molecule has 0 saturated carbocycles. The number of piperazine rings is 2. The van der Waals surface area contributed by atoms with Gasteiger partial charge in [0.05, 0.1) is 54.2 Å². The molecule has 22 nitrogen and oxygen atoms in total. The standard InChI is InChI=1S/C27H30F4N6O5S.C18H19F3N4O3.C10H15FN2O2S/c1-5-42-26(39)37-10-8-36(9-11-37)23-19-13-17(6-7-21(19)33-25(34-23)27(29,30)31)24(38)32-16(3)18-12-15(2)22(14-20(18)28)35-43(4,40)41;1-3-28-17(27)25-8-6-24(7-9-25)15-13-10-12(11(2)26)4-5-14(13)22-16(23-15)18(19,20)21;1-6-4-8(7(2)12)9(11)5-10(6)13-16(3,14)15/h6-7,12-14,16,35H,5,8-11H2,1-4H3,(H,32,38);4-5,10H,3,6-9H2,1-2H3;4-5,7,13H,12H2,1-3H3/t16-;;7-/m1.1/s1. The number of halogens is 8. The number of benzene rings is 4. The molecule has 8 rings (SSSR count). The van der Waals surface area contributed by atoms with Crippen molar-refractivity contribution in [2.24, 2.45) is 5.73 Å². The second-order valence-electron chi connectivity index (χ2n) is 20.2. The van der Waals surface area contributed by atoms with E-state index in [0.717, 1.165) is 24.6 Å². The summed E-state index contributed by atoms with van der Waals surface area (Å²) in [6.07, 6.45) is -8.54. The van der Waals surface area contributed by atoms with E-state index in [1.54, 1.807) is 50.5 Å². The lowest BCUT2D eigenvalue weighted by molar-refractivity contribution is -0.145. The highest BCUT2D eigenvalue weighted by atomic mass is 32.2. The minimum absolute atomic E-state index is 0.0367. The zero-order chi connectivity index (χ0) is 64.7. The molecule has 4 aromatic carbocycles. The van der Waals surface area contributed by atoms with Gasteiger partial charge in [0.15, 0.2) is 5.78 Å². The van der Waals surface area contributed by atoms with Gasteiger partial charge in [0.25, 0.3) is 5.91 Å². The summed E-state index contributed by atoms with van der Waals surface area (Å²) in [6, 6.07) is 12.1. The molecule has 0 aliphatic carbocycles. The zero-order valence-corrected chi connectivity index (χ0v) is 50.2. The molecule has 2 saturated heterocycles. The van der Waals surface area contributed by atoms with E-state index in [4.69, 9.17) is 15.2 Å². The predicted octanol–water partition coefficient (Wildman–Crippen LogP) is 8.89. The summed E-state index contributed by atoms with van der Waals surface area (Å²) >= 11 is 0. The molecule has 5 N–H and O–H groups in total. The Labute approximate surface area is 495 Å². The average Bonchev–Trinajstić information content (AvgIpc) is 0.861. The number of sulfonamides is 2. The van der Waals surface area contributed by atoms with Crippen LogP contribution in [0.2, 0.25) is 0 Å². The van der Waals surface area contributed by atoms with Gasteiger partial charge in [0, 0.05) is 91.4 Å². The van der Waals surface area contributed by atoms with E-state index in [2.05, 4.69) is 34.7 Å². The van der Waals surface area contributed by atoms with Gasteiger partial charge in [0.2, 0.25) is 31.7 Å². The normalized spacial score (nSPS) is 14.7. The fourth-order valence-electron chi connectivity index (χ4n) is 9.02. The number of nitrogens with two attached hydrogens (primary N) is 1. The van der Waals surface area contributed by atoms with Crippen LogP contribution in [0.3, 0.4) is 0 Å². The highest BCUT2D eigenvalue weighted by Gasteiger charge is 2.38. The molecule has 4 heterocycles. The molecular formula is C55H64F8N12O10S2. The van der Waals surface area contributed by atoms with Crippen molar-refractivity contribution >= 4 is 88.7 Å². The molecule has 2 atom stereocenters. The number of amides is 3. The molecule has 2 aliphatic heterocycles. The number of nitrogens with one attached hydrogen (secondary N) is 3. The number of ether oxygens (including phenoxy) is 2. The average molecular weight is 1270 g/mol. The van der Waals surface area contributed by atoms with Crippen LogP contribution in [-0.4, -0.2) is 149 Å². The molecule has 2 aromatic heterocycles. The molecule has 0 radical (unpaired) electrons. The van der Waals surface area contributed by atoms with Gasteiger partial charge in [-0.3, -0.25) is 19.0 Å². The van der Waals surface area contributed by atoms with Crippen molar-refractivity contribution in [1.82, 2.24) is 35.1 Å². The Morgan fingerprint density at radius 3 is 1.34 bits per heavy atom. The largest absolute Gasteiger partial charge is 0.451 e. The first-order valence-electron chi connectivity index (χ1n) is 26.7. The van der Waals surface area contributed by atoms with Crippen LogP contribution in [0, 0.1) is 25.5 Å². The van der Waals surface area contributed by atoms with Crippen LogP contribution in [0.5, 0.6) is 0 Å². The molecule has 32 heteroatoms. The number of hydrogen-bond donors (Lipinski definition) is 4. The Kier molecular flexibility index (Phi) is 21.5. The van der Waals surface area contributed by atoms with Crippen LogP contribution in [0.4, 0.5) is 67.7 Å². The molecule has 3 amide bonds. The molecule has 0 unspecified atom stereocenters. The number of carbonyl (C=O) groups excluding carboxylic acids is 4. The van der Waals surface area contributed by atoms with Crippen LogP contribution in [0.25, 0.3) is 21.8 Å². The monoisotopic (exact) mass is 1270 g/mol. The van der Waals surface area contributed by atoms with Crippen molar-refractivity contribution in [3.63, 3.8) is 0 Å². The fraction of sp³-hybridized carbons (Fsp3) is 0.418. The second-order valence-corrected chi connectivity index (χ2v) is 23.7. The Balaban J connectivity index is 0.000000234. The molecule has 2 aliphatic rings. The summed E-state index contributed by atoms with van der Waals surface area (Å²) in [5.41, 5.74) is 7.93. The number of Topliss-reactive ketones (excluding diaryl/α,β-unsaturated/α-hetero) is 1. The van der Waals surface area contributed by atoms with Crippen LogP contribution < -0.4 is 30.3 Å².